The molecule has 2 fully saturated rings. The molecule has 2 aliphatic heterocycles. The van der Waals surface area contributed by atoms with Crippen LogP contribution < -0.4 is 10.1 Å². The van der Waals surface area contributed by atoms with E-state index in [2.05, 4.69) is 15.3 Å². The summed E-state index contributed by atoms with van der Waals surface area (Å²) in [5, 5.41) is 3.51. The number of sulfonamides is 1. The van der Waals surface area contributed by atoms with Gasteiger partial charge in [0.1, 0.15) is 10.6 Å². The first-order valence-corrected chi connectivity index (χ1v) is 15.7. The molecule has 12 heteroatoms. The van der Waals surface area contributed by atoms with E-state index >= 15 is 0 Å². The fraction of sp³-hybridized carbons (Fsp3) is 0.480. The van der Waals surface area contributed by atoms with E-state index in [1.807, 2.05) is 6.07 Å². The van der Waals surface area contributed by atoms with Gasteiger partial charge < -0.3 is 19.8 Å². The highest BCUT2D eigenvalue weighted by atomic mass is 32.2. The van der Waals surface area contributed by atoms with Gasteiger partial charge in [-0.1, -0.05) is 6.07 Å². The third-order valence-corrected chi connectivity index (χ3v) is 10.1. The van der Waals surface area contributed by atoms with Gasteiger partial charge in [0, 0.05) is 37.8 Å². The molecule has 0 amide bonds. The average Bonchev–Trinajstić information content (AvgIpc) is 3.50. The van der Waals surface area contributed by atoms with Crippen molar-refractivity contribution in [2.75, 3.05) is 39.1 Å². The zero-order chi connectivity index (χ0) is 26.1. The molecule has 0 radical (unpaired) electrons. The van der Waals surface area contributed by atoms with Crippen LogP contribution in [0.4, 0.5) is 0 Å². The highest BCUT2D eigenvalue weighted by Crippen LogP contribution is 2.37. The number of aromatic nitrogens is 2. The van der Waals surface area contributed by atoms with Crippen LogP contribution in [0.15, 0.2) is 58.6 Å². The SMILES string of the molecule is CS(=O)(=O)c1cccc(OCCCN[C@H]2COC3(CCN(S(=O)(=O)c4cnc5cc[nH]c5c4)CC3)C2)c1. The van der Waals surface area contributed by atoms with Gasteiger partial charge in [0.05, 0.1) is 34.7 Å². The molecule has 5 rings (SSSR count). The maximum Gasteiger partial charge on any atom is 0.244 e. The van der Waals surface area contributed by atoms with E-state index in [0.29, 0.717) is 50.4 Å². The minimum absolute atomic E-state index is 0.204. The molecule has 4 heterocycles. The van der Waals surface area contributed by atoms with Crippen molar-refractivity contribution in [3.8, 4) is 5.75 Å². The Labute approximate surface area is 217 Å². The Balaban J connectivity index is 1.06. The number of ether oxygens (including phenoxy) is 2. The minimum atomic E-state index is -3.61. The number of hydrogen-bond donors (Lipinski definition) is 2. The lowest BCUT2D eigenvalue weighted by Crippen LogP contribution is -2.46. The first kappa shape index (κ1) is 26.1. The monoisotopic (exact) mass is 548 g/mol. The van der Waals surface area contributed by atoms with E-state index in [1.54, 1.807) is 36.5 Å². The molecule has 1 spiro atoms. The highest BCUT2D eigenvalue weighted by molar-refractivity contribution is 7.90. The smallest absolute Gasteiger partial charge is 0.244 e. The molecule has 0 aliphatic carbocycles. The lowest BCUT2D eigenvalue weighted by molar-refractivity contribution is -0.0311. The third-order valence-electron chi connectivity index (χ3n) is 7.11. The van der Waals surface area contributed by atoms with Crippen LogP contribution in [-0.2, 0) is 24.6 Å². The summed E-state index contributed by atoms with van der Waals surface area (Å²) in [7, 11) is -6.88. The highest BCUT2D eigenvalue weighted by Gasteiger charge is 2.44. The Morgan fingerprint density at radius 1 is 1.16 bits per heavy atom. The van der Waals surface area contributed by atoms with E-state index in [4.69, 9.17) is 9.47 Å². The molecule has 0 unspecified atom stereocenters. The lowest BCUT2D eigenvalue weighted by atomic mass is 9.88. The van der Waals surface area contributed by atoms with Crippen molar-refractivity contribution < 1.29 is 26.3 Å². The summed E-state index contributed by atoms with van der Waals surface area (Å²) >= 11 is 0. The topological polar surface area (TPSA) is 131 Å². The van der Waals surface area contributed by atoms with Crippen LogP contribution >= 0.6 is 0 Å². The number of fused-ring (bicyclic) bond motifs is 1. The Bertz CT molecular complexity index is 1460. The summed E-state index contributed by atoms with van der Waals surface area (Å²) in [5.74, 6) is 0.538. The Morgan fingerprint density at radius 2 is 1.97 bits per heavy atom. The van der Waals surface area contributed by atoms with E-state index in [-0.39, 0.29) is 21.4 Å². The van der Waals surface area contributed by atoms with Gasteiger partial charge in [-0.05, 0) is 62.6 Å². The molecule has 1 aromatic carbocycles. The Kier molecular flexibility index (Phi) is 7.29. The maximum absolute atomic E-state index is 13.2. The van der Waals surface area contributed by atoms with Crippen molar-refractivity contribution in [3.05, 3.63) is 48.8 Å². The van der Waals surface area contributed by atoms with Gasteiger partial charge in [-0.3, -0.25) is 4.98 Å². The van der Waals surface area contributed by atoms with E-state index in [0.717, 1.165) is 24.9 Å². The second-order valence-corrected chi connectivity index (χ2v) is 13.7. The molecule has 10 nitrogen and oxygen atoms in total. The van der Waals surface area contributed by atoms with E-state index in [9.17, 15) is 16.8 Å². The summed E-state index contributed by atoms with van der Waals surface area (Å²) < 4.78 is 63.2. The summed E-state index contributed by atoms with van der Waals surface area (Å²) in [6, 6.07) is 10.2. The molecular formula is C25H32N4O6S2. The van der Waals surface area contributed by atoms with Crippen LogP contribution in [0, 0.1) is 0 Å². The van der Waals surface area contributed by atoms with E-state index in [1.165, 1.54) is 16.8 Å². The number of hydrogen-bond acceptors (Lipinski definition) is 8. The summed E-state index contributed by atoms with van der Waals surface area (Å²) in [6.07, 6.45) is 7.26. The summed E-state index contributed by atoms with van der Waals surface area (Å²) in [5.41, 5.74) is 1.14. The zero-order valence-corrected chi connectivity index (χ0v) is 22.4. The van der Waals surface area contributed by atoms with Crippen LogP contribution in [0.25, 0.3) is 11.0 Å². The second kappa shape index (κ2) is 10.3. The molecule has 2 aromatic heterocycles. The normalized spacial score (nSPS) is 20.5. The minimum Gasteiger partial charge on any atom is -0.494 e. The molecule has 3 aromatic rings. The zero-order valence-electron chi connectivity index (χ0n) is 20.7. The van der Waals surface area contributed by atoms with Crippen LogP contribution in [0.2, 0.25) is 0 Å². The predicted octanol–water partition coefficient (Wildman–Crippen LogP) is 2.34. The maximum atomic E-state index is 13.2. The number of nitrogens with zero attached hydrogens (tertiary/aromatic N) is 2. The predicted molar refractivity (Wildman–Crippen MR) is 139 cm³/mol. The van der Waals surface area contributed by atoms with Crippen molar-refractivity contribution in [1.29, 1.82) is 0 Å². The van der Waals surface area contributed by atoms with Gasteiger partial charge in [0.15, 0.2) is 9.84 Å². The van der Waals surface area contributed by atoms with Gasteiger partial charge >= 0.3 is 0 Å². The number of rotatable bonds is 9. The molecule has 2 aliphatic rings. The number of piperidine rings is 1. The molecule has 2 N–H and O–H groups in total. The molecule has 1 atom stereocenters. The number of nitrogens with one attached hydrogen (secondary N) is 2. The average molecular weight is 549 g/mol. The lowest BCUT2D eigenvalue weighted by Gasteiger charge is -2.38. The molecule has 2 saturated heterocycles. The number of H-pyrrole nitrogens is 1. The van der Waals surface area contributed by atoms with Crippen LogP contribution in [0.5, 0.6) is 5.75 Å². The summed E-state index contributed by atoms with van der Waals surface area (Å²) in [6.45, 7) is 2.63. The molecule has 200 valence electrons. The number of sulfone groups is 1. The van der Waals surface area contributed by atoms with Crippen molar-refractivity contribution in [3.63, 3.8) is 0 Å². The second-order valence-electron chi connectivity index (χ2n) is 9.78. The molecule has 0 bridgehead atoms. The molecule has 37 heavy (non-hydrogen) atoms. The van der Waals surface area contributed by atoms with Crippen molar-refractivity contribution in [2.45, 2.75) is 47.1 Å². The third kappa shape index (κ3) is 5.83. The van der Waals surface area contributed by atoms with Gasteiger partial charge in [-0.25, -0.2) is 16.8 Å². The Morgan fingerprint density at radius 3 is 2.76 bits per heavy atom. The van der Waals surface area contributed by atoms with Gasteiger partial charge in [0.2, 0.25) is 10.0 Å². The number of pyridine rings is 1. The largest absolute Gasteiger partial charge is 0.494 e. The molecule has 0 saturated carbocycles. The van der Waals surface area contributed by atoms with Gasteiger partial charge in [-0.15, -0.1) is 0 Å². The van der Waals surface area contributed by atoms with Crippen LogP contribution in [-0.4, -0.2) is 81.9 Å². The van der Waals surface area contributed by atoms with Crippen molar-refractivity contribution in [1.82, 2.24) is 19.6 Å². The fourth-order valence-corrected chi connectivity index (χ4v) is 7.10. The van der Waals surface area contributed by atoms with Crippen molar-refractivity contribution >= 4 is 30.9 Å². The van der Waals surface area contributed by atoms with Gasteiger partial charge in [0.25, 0.3) is 0 Å². The van der Waals surface area contributed by atoms with Crippen LogP contribution in [0.3, 0.4) is 0 Å². The quantitative estimate of drug-likeness (QED) is 0.390. The van der Waals surface area contributed by atoms with E-state index < -0.39 is 19.9 Å². The molecular weight excluding hydrogens is 516 g/mol. The van der Waals surface area contributed by atoms with Gasteiger partial charge in [-0.2, -0.15) is 4.31 Å². The first-order chi connectivity index (χ1) is 17.6. The van der Waals surface area contributed by atoms with Crippen molar-refractivity contribution in [2.24, 2.45) is 0 Å². The van der Waals surface area contributed by atoms with Crippen LogP contribution in [0.1, 0.15) is 25.7 Å². The number of benzene rings is 1. The number of aromatic amines is 1. The Hall–Kier alpha value is -2.51. The first-order valence-electron chi connectivity index (χ1n) is 12.4. The fourth-order valence-electron chi connectivity index (χ4n) is 5.03. The summed E-state index contributed by atoms with van der Waals surface area (Å²) in [4.78, 5) is 7.72. The standard InChI is InChI=1S/C25H32N4O6S2/c1-36(30,31)21-5-2-4-20(14-21)34-13-3-9-26-19-16-25(35-18-19)7-11-29(12-8-25)37(32,33)22-15-24-23(28-17-22)6-10-27-24/h2,4-6,10,14-15,17,19,26-27H,3,7-9,11-13,16,18H2,1H3/t19-/m1/s1.